The van der Waals surface area contributed by atoms with Gasteiger partial charge in [-0.25, -0.2) is 4.79 Å². The maximum Gasteiger partial charge on any atom is 0.331 e. The van der Waals surface area contributed by atoms with E-state index in [1.807, 2.05) is 19.9 Å². The lowest BCUT2D eigenvalue weighted by molar-refractivity contribution is -0.145. The van der Waals surface area contributed by atoms with Gasteiger partial charge in [-0.05, 0) is 35.3 Å². The van der Waals surface area contributed by atoms with E-state index in [0.717, 1.165) is 16.6 Å². The first-order chi connectivity index (χ1) is 8.03. The Kier molecular flexibility index (Phi) is 4.93. The van der Waals surface area contributed by atoms with E-state index in [0.29, 0.717) is 6.42 Å². The smallest absolute Gasteiger partial charge is 0.331 e. The van der Waals surface area contributed by atoms with Crippen LogP contribution in [0.15, 0.2) is 22.9 Å². The predicted octanol–water partition coefficient (Wildman–Crippen LogP) is 2.99. The topological polar surface area (TPSA) is 51.2 Å². The molecule has 1 aromatic heterocycles. The maximum atomic E-state index is 11.8. The Morgan fingerprint density at radius 1 is 1.65 bits per heavy atom. The monoisotopic (exact) mass is 300 g/mol. The lowest BCUT2D eigenvalue weighted by Gasteiger charge is -2.29. The molecule has 0 aliphatic rings. The maximum absolute atomic E-state index is 11.8. The lowest BCUT2D eigenvalue weighted by Crippen LogP contribution is -2.44. The van der Waals surface area contributed by atoms with Gasteiger partial charge in [-0.15, -0.1) is 0 Å². The summed E-state index contributed by atoms with van der Waals surface area (Å²) >= 11 is 3.39. The number of hydrogen-bond donors (Lipinski definition) is 1. The Morgan fingerprint density at radius 2 is 2.35 bits per heavy atom. The number of carbonyl (C=O) groups is 1. The van der Waals surface area contributed by atoms with E-state index >= 15 is 0 Å². The summed E-state index contributed by atoms with van der Waals surface area (Å²) < 4.78 is 5.67. The van der Waals surface area contributed by atoms with Crippen LogP contribution >= 0.6 is 15.9 Å². The molecule has 0 saturated heterocycles. The van der Waals surface area contributed by atoms with Crippen LogP contribution in [0.4, 0.5) is 5.69 Å². The molecule has 4 nitrogen and oxygen atoms in total. The second-order valence-corrected chi connectivity index (χ2v) is 4.91. The van der Waals surface area contributed by atoms with Crippen LogP contribution in [0.3, 0.4) is 0 Å². The molecular weight excluding hydrogens is 284 g/mol. The average Bonchev–Trinajstić information content (AvgIpc) is 2.31. The number of rotatable bonds is 5. The number of nitrogens with one attached hydrogen (secondary N) is 1. The van der Waals surface area contributed by atoms with Crippen LogP contribution in [0.1, 0.15) is 26.7 Å². The normalized spacial score (nSPS) is 13.9. The molecule has 94 valence electrons. The lowest BCUT2D eigenvalue weighted by atomic mass is 9.96. The van der Waals surface area contributed by atoms with Crippen LogP contribution in [-0.2, 0) is 9.53 Å². The zero-order valence-corrected chi connectivity index (χ0v) is 11.9. The van der Waals surface area contributed by atoms with E-state index in [1.165, 1.54) is 7.11 Å². The molecule has 1 N–H and O–H groups in total. The Hall–Kier alpha value is -1.10. The van der Waals surface area contributed by atoms with Crippen LogP contribution in [0.2, 0.25) is 0 Å². The third-order valence-corrected chi connectivity index (χ3v) is 3.20. The number of pyridine rings is 1. The van der Waals surface area contributed by atoms with Gasteiger partial charge in [0.05, 0.1) is 17.3 Å². The number of anilines is 1. The van der Waals surface area contributed by atoms with E-state index < -0.39 is 5.54 Å². The fourth-order valence-corrected chi connectivity index (χ4v) is 2.06. The molecule has 1 heterocycles. The first-order valence-electron chi connectivity index (χ1n) is 5.49. The minimum Gasteiger partial charge on any atom is -0.467 e. The third kappa shape index (κ3) is 3.43. The largest absolute Gasteiger partial charge is 0.467 e. The summed E-state index contributed by atoms with van der Waals surface area (Å²) in [6.45, 7) is 3.87. The fourth-order valence-electron chi connectivity index (χ4n) is 1.71. The van der Waals surface area contributed by atoms with Crippen molar-refractivity contribution in [2.24, 2.45) is 0 Å². The Balaban J connectivity index is 2.94. The summed E-state index contributed by atoms with van der Waals surface area (Å²) in [7, 11) is 1.40. The minimum atomic E-state index is -0.715. The van der Waals surface area contributed by atoms with Gasteiger partial charge in [0.1, 0.15) is 5.54 Å². The summed E-state index contributed by atoms with van der Waals surface area (Å²) in [5.74, 6) is -0.261. The number of nitrogens with zero attached hydrogens (tertiary/aromatic N) is 1. The second kappa shape index (κ2) is 6.00. The van der Waals surface area contributed by atoms with Gasteiger partial charge >= 0.3 is 5.97 Å². The van der Waals surface area contributed by atoms with Crippen molar-refractivity contribution < 1.29 is 9.53 Å². The fraction of sp³-hybridized carbons (Fsp3) is 0.500. The molecule has 0 aromatic carbocycles. The standard InChI is InChI=1S/C12H17BrN2O2/c1-4-6-12(2,11(16)17-3)15-10-5-7-14-8-9(10)13/h5,7-8H,4,6H2,1-3H3,(H,14,15). The van der Waals surface area contributed by atoms with E-state index in [-0.39, 0.29) is 5.97 Å². The molecule has 17 heavy (non-hydrogen) atoms. The van der Waals surface area contributed by atoms with Crippen LogP contribution in [0, 0.1) is 0 Å². The van der Waals surface area contributed by atoms with Crippen molar-refractivity contribution in [3.8, 4) is 0 Å². The molecule has 5 heteroatoms. The van der Waals surface area contributed by atoms with Crippen molar-refractivity contribution in [3.63, 3.8) is 0 Å². The first-order valence-corrected chi connectivity index (χ1v) is 6.29. The van der Waals surface area contributed by atoms with Crippen molar-refractivity contribution in [3.05, 3.63) is 22.9 Å². The number of aromatic nitrogens is 1. The highest BCUT2D eigenvalue weighted by Gasteiger charge is 2.33. The molecule has 1 aromatic rings. The quantitative estimate of drug-likeness (QED) is 0.849. The van der Waals surface area contributed by atoms with Crippen molar-refractivity contribution in [2.75, 3.05) is 12.4 Å². The van der Waals surface area contributed by atoms with Crippen molar-refractivity contribution in [1.29, 1.82) is 0 Å². The molecular formula is C12H17BrN2O2. The molecule has 0 radical (unpaired) electrons. The minimum absolute atomic E-state index is 0.261. The summed E-state index contributed by atoms with van der Waals surface area (Å²) in [5, 5.41) is 3.21. The Labute approximate surface area is 110 Å². The van der Waals surface area contributed by atoms with Crippen LogP contribution < -0.4 is 5.32 Å². The molecule has 0 aliphatic heterocycles. The number of ether oxygens (including phenoxy) is 1. The van der Waals surface area contributed by atoms with Gasteiger partial charge < -0.3 is 10.1 Å². The number of carbonyl (C=O) groups excluding carboxylic acids is 1. The van der Waals surface area contributed by atoms with Gasteiger partial charge in [0, 0.05) is 12.4 Å². The van der Waals surface area contributed by atoms with Gasteiger partial charge in [0.25, 0.3) is 0 Å². The molecule has 1 rings (SSSR count). The molecule has 0 fully saturated rings. The van der Waals surface area contributed by atoms with Crippen LogP contribution in [0.5, 0.6) is 0 Å². The van der Waals surface area contributed by atoms with E-state index in [4.69, 9.17) is 4.74 Å². The molecule has 1 atom stereocenters. The summed E-state index contributed by atoms with van der Waals surface area (Å²) in [6, 6.07) is 1.82. The van der Waals surface area contributed by atoms with Gasteiger partial charge in [-0.1, -0.05) is 13.3 Å². The van der Waals surface area contributed by atoms with Gasteiger partial charge in [-0.3, -0.25) is 4.98 Å². The van der Waals surface area contributed by atoms with Gasteiger partial charge in [0.15, 0.2) is 0 Å². The summed E-state index contributed by atoms with van der Waals surface area (Å²) in [4.78, 5) is 15.8. The van der Waals surface area contributed by atoms with E-state index in [1.54, 1.807) is 12.4 Å². The van der Waals surface area contributed by atoms with E-state index in [9.17, 15) is 4.79 Å². The molecule has 0 saturated carbocycles. The number of halogens is 1. The predicted molar refractivity (Wildman–Crippen MR) is 70.9 cm³/mol. The molecule has 0 spiro atoms. The Bertz CT molecular complexity index is 398. The van der Waals surface area contributed by atoms with Gasteiger partial charge in [0.2, 0.25) is 0 Å². The zero-order valence-electron chi connectivity index (χ0n) is 10.3. The van der Waals surface area contributed by atoms with Crippen molar-refractivity contribution >= 4 is 27.6 Å². The SMILES string of the molecule is CCCC(C)(Nc1ccncc1Br)C(=O)OC. The van der Waals surface area contributed by atoms with Crippen molar-refractivity contribution in [1.82, 2.24) is 4.98 Å². The third-order valence-electron chi connectivity index (χ3n) is 2.57. The number of hydrogen-bond acceptors (Lipinski definition) is 4. The molecule has 0 amide bonds. The highest BCUT2D eigenvalue weighted by molar-refractivity contribution is 9.10. The molecule has 0 aliphatic carbocycles. The average molecular weight is 301 g/mol. The van der Waals surface area contributed by atoms with Crippen LogP contribution in [-0.4, -0.2) is 23.6 Å². The van der Waals surface area contributed by atoms with Gasteiger partial charge in [-0.2, -0.15) is 0 Å². The van der Waals surface area contributed by atoms with Crippen molar-refractivity contribution in [2.45, 2.75) is 32.2 Å². The van der Waals surface area contributed by atoms with Crippen LogP contribution in [0.25, 0.3) is 0 Å². The molecule has 0 bridgehead atoms. The zero-order chi connectivity index (χ0) is 12.9. The number of methoxy groups -OCH3 is 1. The highest BCUT2D eigenvalue weighted by Crippen LogP contribution is 2.26. The first kappa shape index (κ1) is 14.0. The van der Waals surface area contributed by atoms with E-state index in [2.05, 4.69) is 26.2 Å². The number of esters is 1. The summed E-state index contributed by atoms with van der Waals surface area (Å²) in [5.41, 5.74) is 0.120. The molecule has 1 unspecified atom stereocenters. The summed E-state index contributed by atoms with van der Waals surface area (Å²) in [6.07, 6.45) is 4.96. The highest BCUT2D eigenvalue weighted by atomic mass is 79.9. The second-order valence-electron chi connectivity index (χ2n) is 4.05. The Morgan fingerprint density at radius 3 is 2.88 bits per heavy atom.